The van der Waals surface area contributed by atoms with Crippen molar-refractivity contribution in [2.75, 3.05) is 7.11 Å². The minimum atomic E-state index is -0.641. The summed E-state index contributed by atoms with van der Waals surface area (Å²) in [6.07, 6.45) is 6.72. The van der Waals surface area contributed by atoms with E-state index in [1.165, 1.54) is 49.5 Å². The highest BCUT2D eigenvalue weighted by Crippen LogP contribution is 2.27. The average Bonchev–Trinajstić information content (AvgIpc) is 2.56. The van der Waals surface area contributed by atoms with Crippen molar-refractivity contribution < 1.29 is 9.53 Å². The van der Waals surface area contributed by atoms with E-state index in [1.807, 2.05) is 6.92 Å². The zero-order valence-electron chi connectivity index (χ0n) is 16.0. The fourth-order valence-corrected chi connectivity index (χ4v) is 3.31. The fraction of sp³-hybridized carbons (Fsp3) is 0.667. The highest BCUT2D eigenvalue weighted by molar-refractivity contribution is 5.80. The van der Waals surface area contributed by atoms with Crippen LogP contribution in [0.1, 0.15) is 70.1 Å². The molecule has 1 aromatic carbocycles. The fourth-order valence-electron chi connectivity index (χ4n) is 3.31. The van der Waals surface area contributed by atoms with Gasteiger partial charge in [0.05, 0.1) is 7.11 Å². The van der Waals surface area contributed by atoms with Gasteiger partial charge in [-0.25, -0.2) is 0 Å². The Morgan fingerprint density at radius 3 is 2.38 bits per heavy atom. The third-order valence-corrected chi connectivity index (χ3v) is 5.11. The second-order valence-corrected chi connectivity index (χ2v) is 8.55. The second kappa shape index (κ2) is 7.69. The number of methoxy groups -OCH3 is 1. The number of ether oxygens (including phenoxy) is 1. The highest BCUT2D eigenvalue weighted by atomic mass is 16.5. The molecule has 0 spiro atoms. The Bertz CT molecular complexity index is 574. The molecule has 134 valence electrons. The van der Waals surface area contributed by atoms with E-state index in [2.05, 4.69) is 44.3 Å². The van der Waals surface area contributed by atoms with E-state index >= 15 is 0 Å². The van der Waals surface area contributed by atoms with Gasteiger partial charge in [0, 0.05) is 6.54 Å². The number of esters is 1. The molecule has 3 heteroatoms. The molecule has 0 aromatic heterocycles. The minimum absolute atomic E-state index is 0.176. The molecule has 0 bridgehead atoms. The van der Waals surface area contributed by atoms with Gasteiger partial charge in [-0.05, 0) is 67.6 Å². The molecule has 1 aliphatic rings. The number of benzene rings is 1. The summed E-state index contributed by atoms with van der Waals surface area (Å²) in [5, 5.41) is 3.47. The van der Waals surface area contributed by atoms with Gasteiger partial charge < -0.3 is 4.74 Å². The van der Waals surface area contributed by atoms with Crippen molar-refractivity contribution in [1.82, 2.24) is 5.32 Å². The van der Waals surface area contributed by atoms with Crippen LogP contribution in [0.15, 0.2) is 18.2 Å². The number of fused-ring (bicyclic) bond motifs is 1. The molecule has 0 saturated heterocycles. The van der Waals surface area contributed by atoms with E-state index < -0.39 is 5.54 Å². The predicted octanol–water partition coefficient (Wildman–Crippen LogP) is 4.41. The highest BCUT2D eigenvalue weighted by Gasteiger charge is 2.34. The molecule has 1 N–H and O–H groups in total. The largest absolute Gasteiger partial charge is 0.468 e. The lowest BCUT2D eigenvalue weighted by Gasteiger charge is -2.31. The number of nitrogens with one attached hydrogen (secondary N) is 1. The number of carbonyl (C=O) groups is 1. The van der Waals surface area contributed by atoms with Gasteiger partial charge in [-0.15, -0.1) is 0 Å². The van der Waals surface area contributed by atoms with Crippen molar-refractivity contribution in [1.29, 1.82) is 0 Å². The summed E-state index contributed by atoms with van der Waals surface area (Å²) in [6, 6.07) is 6.76. The quantitative estimate of drug-likeness (QED) is 0.785. The van der Waals surface area contributed by atoms with Crippen molar-refractivity contribution in [2.24, 2.45) is 5.41 Å². The van der Waals surface area contributed by atoms with Gasteiger partial charge in [0.2, 0.25) is 0 Å². The monoisotopic (exact) mass is 331 g/mol. The minimum Gasteiger partial charge on any atom is -0.468 e. The maximum Gasteiger partial charge on any atom is 0.325 e. The summed E-state index contributed by atoms with van der Waals surface area (Å²) in [5.74, 6) is -0.176. The van der Waals surface area contributed by atoms with Crippen molar-refractivity contribution >= 4 is 5.97 Å². The number of aryl methyl sites for hydroxylation is 2. The molecule has 1 unspecified atom stereocenters. The van der Waals surface area contributed by atoms with E-state index in [9.17, 15) is 4.79 Å². The molecular weight excluding hydrogens is 298 g/mol. The van der Waals surface area contributed by atoms with Crippen LogP contribution in [0.4, 0.5) is 0 Å². The van der Waals surface area contributed by atoms with Crippen LogP contribution in [0.25, 0.3) is 0 Å². The Hall–Kier alpha value is -1.35. The third kappa shape index (κ3) is 5.07. The van der Waals surface area contributed by atoms with E-state index in [0.717, 1.165) is 12.8 Å². The van der Waals surface area contributed by atoms with Gasteiger partial charge in [-0.2, -0.15) is 0 Å². The molecular formula is C21H33NO2. The summed E-state index contributed by atoms with van der Waals surface area (Å²) in [6.45, 7) is 9.27. The van der Waals surface area contributed by atoms with E-state index in [-0.39, 0.29) is 11.4 Å². The SMILES string of the molecule is COC(=O)C(C)(CCC(C)(C)C)NCc1ccc2c(c1)CCCC2. The lowest BCUT2D eigenvalue weighted by Crippen LogP contribution is -2.50. The number of hydrogen-bond acceptors (Lipinski definition) is 3. The van der Waals surface area contributed by atoms with E-state index in [4.69, 9.17) is 4.74 Å². The van der Waals surface area contributed by atoms with Gasteiger partial charge in [0.15, 0.2) is 0 Å². The summed E-state index contributed by atoms with van der Waals surface area (Å²) in [4.78, 5) is 12.3. The molecule has 1 aliphatic carbocycles. The van der Waals surface area contributed by atoms with Crippen LogP contribution in [-0.4, -0.2) is 18.6 Å². The summed E-state index contributed by atoms with van der Waals surface area (Å²) in [5.41, 5.74) is 3.78. The maximum atomic E-state index is 12.3. The molecule has 1 aromatic rings. The van der Waals surface area contributed by atoms with Crippen molar-refractivity contribution in [3.8, 4) is 0 Å². The summed E-state index contributed by atoms with van der Waals surface area (Å²) < 4.78 is 5.06. The normalized spacial score (nSPS) is 17.0. The Labute approximate surface area is 147 Å². The molecule has 0 amide bonds. The maximum absolute atomic E-state index is 12.3. The molecule has 1 atom stereocenters. The standard InChI is InChI=1S/C21H33NO2/c1-20(2,3)12-13-21(4,19(23)24-5)22-15-16-10-11-17-8-6-7-9-18(17)14-16/h10-11,14,22H,6-9,12-13,15H2,1-5H3. The zero-order valence-corrected chi connectivity index (χ0v) is 16.0. The van der Waals surface area contributed by atoms with Gasteiger partial charge in [-0.1, -0.05) is 39.0 Å². The van der Waals surface area contributed by atoms with Crippen LogP contribution in [-0.2, 0) is 28.9 Å². The van der Waals surface area contributed by atoms with Crippen LogP contribution in [0.2, 0.25) is 0 Å². The second-order valence-electron chi connectivity index (χ2n) is 8.55. The first-order valence-corrected chi connectivity index (χ1v) is 9.18. The molecule has 2 rings (SSSR count). The molecule has 24 heavy (non-hydrogen) atoms. The average molecular weight is 332 g/mol. The van der Waals surface area contributed by atoms with E-state index in [0.29, 0.717) is 6.54 Å². The first-order chi connectivity index (χ1) is 11.2. The topological polar surface area (TPSA) is 38.3 Å². The number of hydrogen-bond donors (Lipinski definition) is 1. The molecule has 0 saturated carbocycles. The Morgan fingerprint density at radius 2 is 1.75 bits per heavy atom. The Kier molecular flexibility index (Phi) is 6.08. The van der Waals surface area contributed by atoms with Crippen LogP contribution in [0.3, 0.4) is 0 Å². The molecule has 0 heterocycles. The Morgan fingerprint density at radius 1 is 1.08 bits per heavy atom. The number of rotatable bonds is 6. The van der Waals surface area contributed by atoms with Gasteiger partial charge in [-0.3, -0.25) is 10.1 Å². The predicted molar refractivity (Wildman–Crippen MR) is 99.0 cm³/mol. The van der Waals surface area contributed by atoms with E-state index in [1.54, 1.807) is 0 Å². The van der Waals surface area contributed by atoms with Crippen LogP contribution < -0.4 is 5.32 Å². The molecule has 0 radical (unpaired) electrons. The summed E-state index contributed by atoms with van der Waals surface area (Å²) >= 11 is 0. The smallest absolute Gasteiger partial charge is 0.325 e. The van der Waals surface area contributed by atoms with Gasteiger partial charge in [0.1, 0.15) is 5.54 Å². The van der Waals surface area contributed by atoms with Crippen molar-refractivity contribution in [3.63, 3.8) is 0 Å². The van der Waals surface area contributed by atoms with Gasteiger partial charge in [0.25, 0.3) is 0 Å². The van der Waals surface area contributed by atoms with Crippen molar-refractivity contribution in [3.05, 3.63) is 34.9 Å². The number of carbonyl (C=O) groups excluding carboxylic acids is 1. The van der Waals surface area contributed by atoms with Crippen LogP contribution >= 0.6 is 0 Å². The Balaban J connectivity index is 2.05. The first-order valence-electron chi connectivity index (χ1n) is 9.18. The zero-order chi connectivity index (χ0) is 17.8. The van der Waals surface area contributed by atoms with Crippen LogP contribution in [0, 0.1) is 5.41 Å². The first kappa shape index (κ1) is 19.0. The summed E-state index contributed by atoms with van der Waals surface area (Å²) in [7, 11) is 1.47. The van der Waals surface area contributed by atoms with Crippen molar-refractivity contribution in [2.45, 2.75) is 78.3 Å². The van der Waals surface area contributed by atoms with Crippen LogP contribution in [0.5, 0.6) is 0 Å². The third-order valence-electron chi connectivity index (χ3n) is 5.11. The molecule has 0 aliphatic heterocycles. The lowest BCUT2D eigenvalue weighted by atomic mass is 9.83. The van der Waals surface area contributed by atoms with Gasteiger partial charge >= 0.3 is 5.97 Å². The molecule has 0 fully saturated rings. The lowest BCUT2D eigenvalue weighted by molar-refractivity contribution is -0.148. The molecule has 3 nitrogen and oxygen atoms in total.